The Balaban J connectivity index is 1.29. The van der Waals surface area contributed by atoms with Gasteiger partial charge in [-0.1, -0.05) is 36.4 Å². The van der Waals surface area contributed by atoms with Crippen LogP contribution in [0.2, 0.25) is 0 Å². The molecule has 4 rings (SSSR count). The molecule has 0 radical (unpaired) electrons. The Bertz CT molecular complexity index is 801. The van der Waals surface area contributed by atoms with Gasteiger partial charge >= 0.3 is 0 Å². The number of aliphatic imine (C=N–C) groups is 1. The lowest BCUT2D eigenvalue weighted by molar-refractivity contribution is 0.250. The van der Waals surface area contributed by atoms with E-state index >= 15 is 0 Å². The number of guanidine groups is 1. The minimum absolute atomic E-state index is 0.460. The maximum atomic E-state index is 4.99. The second kappa shape index (κ2) is 11.1. The van der Waals surface area contributed by atoms with E-state index in [1.165, 1.54) is 24.9 Å². The van der Waals surface area contributed by atoms with Gasteiger partial charge in [0.05, 0.1) is 6.54 Å². The zero-order chi connectivity index (χ0) is 21.3. The van der Waals surface area contributed by atoms with Crippen LogP contribution in [0.3, 0.4) is 0 Å². The number of pyridine rings is 1. The number of piperidine rings is 1. The van der Waals surface area contributed by atoms with E-state index in [2.05, 4.69) is 74.8 Å². The lowest BCUT2D eigenvalue weighted by atomic mass is 10.1. The van der Waals surface area contributed by atoms with Crippen molar-refractivity contribution in [3.8, 4) is 0 Å². The SMILES string of the molecule is CCNC(=NCC1CCCN1Cc1ccccc1)NC1CCN(c2ccccn2)CC1. The van der Waals surface area contributed by atoms with Crippen LogP contribution in [0.5, 0.6) is 0 Å². The maximum absolute atomic E-state index is 4.99. The van der Waals surface area contributed by atoms with Gasteiger partial charge < -0.3 is 15.5 Å². The Labute approximate surface area is 186 Å². The van der Waals surface area contributed by atoms with E-state index in [0.29, 0.717) is 12.1 Å². The van der Waals surface area contributed by atoms with Crippen LogP contribution in [0.4, 0.5) is 5.82 Å². The van der Waals surface area contributed by atoms with Gasteiger partial charge in [0.25, 0.3) is 0 Å². The van der Waals surface area contributed by atoms with E-state index < -0.39 is 0 Å². The second-order valence-corrected chi connectivity index (χ2v) is 8.57. The Morgan fingerprint density at radius 3 is 2.58 bits per heavy atom. The first-order valence-corrected chi connectivity index (χ1v) is 11.8. The van der Waals surface area contributed by atoms with Gasteiger partial charge in [-0.2, -0.15) is 0 Å². The highest BCUT2D eigenvalue weighted by atomic mass is 15.2. The summed E-state index contributed by atoms with van der Waals surface area (Å²) < 4.78 is 0. The predicted molar refractivity (Wildman–Crippen MR) is 128 cm³/mol. The van der Waals surface area contributed by atoms with Gasteiger partial charge in [0.15, 0.2) is 5.96 Å². The van der Waals surface area contributed by atoms with Crippen LogP contribution in [0.1, 0.15) is 38.2 Å². The highest BCUT2D eigenvalue weighted by Crippen LogP contribution is 2.21. The van der Waals surface area contributed by atoms with Gasteiger partial charge in [-0.05, 0) is 56.8 Å². The Kier molecular flexibility index (Phi) is 7.77. The number of anilines is 1. The van der Waals surface area contributed by atoms with Crippen LogP contribution >= 0.6 is 0 Å². The fourth-order valence-electron chi connectivity index (χ4n) is 4.63. The largest absolute Gasteiger partial charge is 0.357 e. The first kappa shape index (κ1) is 21.6. The Hall–Kier alpha value is -2.60. The summed E-state index contributed by atoms with van der Waals surface area (Å²) in [6, 6.07) is 17.9. The summed E-state index contributed by atoms with van der Waals surface area (Å²) in [6.07, 6.45) is 6.58. The number of aromatic nitrogens is 1. The Morgan fingerprint density at radius 2 is 1.84 bits per heavy atom. The van der Waals surface area contributed by atoms with Crippen molar-refractivity contribution in [2.45, 2.75) is 51.2 Å². The maximum Gasteiger partial charge on any atom is 0.191 e. The van der Waals surface area contributed by atoms with Gasteiger partial charge in [-0.15, -0.1) is 0 Å². The van der Waals surface area contributed by atoms with Crippen molar-refractivity contribution in [3.63, 3.8) is 0 Å². The first-order chi connectivity index (χ1) is 15.3. The number of likely N-dealkylation sites (tertiary alicyclic amines) is 1. The van der Waals surface area contributed by atoms with Crippen molar-refractivity contribution < 1.29 is 0 Å². The molecule has 1 aromatic carbocycles. The quantitative estimate of drug-likeness (QED) is 0.532. The van der Waals surface area contributed by atoms with Gasteiger partial charge in [-0.3, -0.25) is 9.89 Å². The summed E-state index contributed by atoms with van der Waals surface area (Å²) in [4.78, 5) is 14.4. The first-order valence-electron chi connectivity index (χ1n) is 11.8. The number of hydrogen-bond acceptors (Lipinski definition) is 4. The van der Waals surface area contributed by atoms with Crippen molar-refractivity contribution in [1.29, 1.82) is 0 Å². The molecule has 1 unspecified atom stereocenters. The van der Waals surface area contributed by atoms with Gasteiger partial charge in [0.1, 0.15) is 5.82 Å². The molecule has 1 aromatic heterocycles. The molecule has 0 spiro atoms. The fourth-order valence-corrected chi connectivity index (χ4v) is 4.63. The van der Waals surface area contributed by atoms with Crippen LogP contribution < -0.4 is 15.5 Å². The van der Waals surface area contributed by atoms with E-state index in [9.17, 15) is 0 Å². The zero-order valence-corrected chi connectivity index (χ0v) is 18.7. The molecule has 6 heteroatoms. The summed E-state index contributed by atoms with van der Waals surface area (Å²) >= 11 is 0. The summed E-state index contributed by atoms with van der Waals surface area (Å²) in [6.45, 7) is 8.13. The molecule has 3 heterocycles. The molecule has 2 aliphatic heterocycles. The molecular weight excluding hydrogens is 384 g/mol. The van der Waals surface area contributed by atoms with E-state index in [1.54, 1.807) is 0 Å². The number of rotatable bonds is 7. The normalized spacial score (nSPS) is 20.7. The third kappa shape index (κ3) is 6.20. The molecule has 1 atom stereocenters. The molecule has 0 amide bonds. The van der Waals surface area contributed by atoms with Crippen LogP contribution in [-0.4, -0.2) is 60.7 Å². The molecule has 6 nitrogen and oxygen atoms in total. The molecule has 2 fully saturated rings. The molecule has 31 heavy (non-hydrogen) atoms. The average molecular weight is 421 g/mol. The lowest BCUT2D eigenvalue weighted by Gasteiger charge is -2.34. The molecule has 166 valence electrons. The number of nitrogens with zero attached hydrogens (tertiary/aromatic N) is 4. The third-order valence-electron chi connectivity index (χ3n) is 6.34. The highest BCUT2D eigenvalue weighted by Gasteiger charge is 2.25. The lowest BCUT2D eigenvalue weighted by Crippen LogP contribution is -2.49. The smallest absolute Gasteiger partial charge is 0.191 e. The summed E-state index contributed by atoms with van der Waals surface area (Å²) in [5.74, 6) is 2.05. The van der Waals surface area contributed by atoms with Crippen LogP contribution in [-0.2, 0) is 6.54 Å². The number of nitrogens with one attached hydrogen (secondary N) is 2. The van der Waals surface area contributed by atoms with Crippen molar-refractivity contribution in [2.24, 2.45) is 4.99 Å². The van der Waals surface area contributed by atoms with E-state index in [0.717, 1.165) is 57.3 Å². The van der Waals surface area contributed by atoms with Gasteiger partial charge in [0, 0.05) is 44.5 Å². The number of hydrogen-bond donors (Lipinski definition) is 2. The van der Waals surface area contributed by atoms with Crippen LogP contribution in [0.15, 0.2) is 59.7 Å². The molecule has 2 N–H and O–H groups in total. The van der Waals surface area contributed by atoms with Crippen molar-refractivity contribution in [3.05, 3.63) is 60.3 Å². The summed E-state index contributed by atoms with van der Waals surface area (Å²) in [7, 11) is 0. The molecule has 0 aliphatic carbocycles. The number of benzene rings is 1. The van der Waals surface area contributed by atoms with E-state index in [-0.39, 0.29) is 0 Å². The fraction of sp³-hybridized carbons (Fsp3) is 0.520. The van der Waals surface area contributed by atoms with Crippen LogP contribution in [0, 0.1) is 0 Å². The standard InChI is InChI=1S/C25H36N6/c1-2-26-25(29-22-13-17-30(18-14-22)24-12-6-7-15-27-24)28-19-23-11-8-16-31(23)20-21-9-4-3-5-10-21/h3-7,9-10,12,15,22-23H,2,8,11,13-14,16-20H2,1H3,(H2,26,28,29). The summed E-state index contributed by atoms with van der Waals surface area (Å²) in [5, 5.41) is 7.15. The molecular formula is C25H36N6. The third-order valence-corrected chi connectivity index (χ3v) is 6.34. The molecule has 2 aliphatic rings. The van der Waals surface area contributed by atoms with Crippen molar-refractivity contribution >= 4 is 11.8 Å². The minimum Gasteiger partial charge on any atom is -0.357 e. The van der Waals surface area contributed by atoms with Gasteiger partial charge in [-0.25, -0.2) is 4.98 Å². The second-order valence-electron chi connectivity index (χ2n) is 8.57. The molecule has 0 bridgehead atoms. The van der Waals surface area contributed by atoms with E-state index in [1.807, 2.05) is 12.3 Å². The topological polar surface area (TPSA) is 55.8 Å². The highest BCUT2D eigenvalue weighted by molar-refractivity contribution is 5.80. The molecule has 2 aromatic rings. The summed E-state index contributed by atoms with van der Waals surface area (Å²) in [5.41, 5.74) is 1.39. The van der Waals surface area contributed by atoms with Gasteiger partial charge in [0.2, 0.25) is 0 Å². The Morgan fingerprint density at radius 1 is 1.03 bits per heavy atom. The minimum atomic E-state index is 0.460. The van der Waals surface area contributed by atoms with Crippen molar-refractivity contribution in [1.82, 2.24) is 20.5 Å². The molecule has 0 saturated carbocycles. The zero-order valence-electron chi connectivity index (χ0n) is 18.7. The average Bonchev–Trinajstić information content (AvgIpc) is 3.26. The molecule has 2 saturated heterocycles. The monoisotopic (exact) mass is 420 g/mol. The van der Waals surface area contributed by atoms with E-state index in [4.69, 9.17) is 4.99 Å². The van der Waals surface area contributed by atoms with Crippen molar-refractivity contribution in [2.75, 3.05) is 37.6 Å². The van der Waals surface area contributed by atoms with Crippen LogP contribution in [0.25, 0.3) is 0 Å². The predicted octanol–water partition coefficient (Wildman–Crippen LogP) is 3.27.